The molecule has 114 valence electrons. The standard InChI is InChI=1S/C15H18BrNO3S/c1-17-14(12-7-9(18-2)8-21-12)10-5-6-11(19-3)13(16)15(10)20-4/h5-8,14,17H,1-4H3. The van der Waals surface area contributed by atoms with Gasteiger partial charge in [-0.25, -0.2) is 0 Å². The van der Waals surface area contributed by atoms with Gasteiger partial charge >= 0.3 is 0 Å². The molecular formula is C15H18BrNO3S. The Hall–Kier alpha value is -1.24. The van der Waals surface area contributed by atoms with E-state index in [1.54, 1.807) is 32.7 Å². The Morgan fingerprint density at radius 3 is 2.43 bits per heavy atom. The summed E-state index contributed by atoms with van der Waals surface area (Å²) in [5, 5.41) is 5.32. The predicted octanol–water partition coefficient (Wildman–Crippen LogP) is 3.85. The second-order valence-corrected chi connectivity index (χ2v) is 6.05. The number of rotatable bonds is 6. The topological polar surface area (TPSA) is 39.7 Å². The van der Waals surface area contributed by atoms with E-state index in [0.717, 1.165) is 32.2 Å². The fourth-order valence-corrected chi connectivity index (χ4v) is 3.86. The Morgan fingerprint density at radius 2 is 1.90 bits per heavy atom. The van der Waals surface area contributed by atoms with E-state index in [-0.39, 0.29) is 6.04 Å². The first-order valence-electron chi connectivity index (χ1n) is 6.36. The van der Waals surface area contributed by atoms with Gasteiger partial charge in [-0.1, -0.05) is 0 Å². The van der Waals surface area contributed by atoms with Crippen LogP contribution in [0.5, 0.6) is 17.2 Å². The van der Waals surface area contributed by atoms with Crippen LogP contribution in [0.25, 0.3) is 0 Å². The van der Waals surface area contributed by atoms with Crippen molar-refractivity contribution in [3.63, 3.8) is 0 Å². The molecule has 0 bridgehead atoms. The summed E-state index contributed by atoms with van der Waals surface area (Å²) in [5.41, 5.74) is 1.04. The van der Waals surface area contributed by atoms with Crippen LogP contribution in [-0.4, -0.2) is 28.4 Å². The predicted molar refractivity (Wildman–Crippen MR) is 89.0 cm³/mol. The number of halogens is 1. The molecule has 2 rings (SSSR count). The second-order valence-electron chi connectivity index (χ2n) is 4.31. The summed E-state index contributed by atoms with van der Waals surface area (Å²) in [6.07, 6.45) is 0. The van der Waals surface area contributed by atoms with Gasteiger partial charge in [-0.3, -0.25) is 0 Å². The van der Waals surface area contributed by atoms with Gasteiger partial charge in [0.05, 0.1) is 27.4 Å². The summed E-state index contributed by atoms with van der Waals surface area (Å²) < 4.78 is 17.0. The molecule has 0 saturated carbocycles. The van der Waals surface area contributed by atoms with Crippen molar-refractivity contribution in [2.75, 3.05) is 28.4 Å². The quantitative estimate of drug-likeness (QED) is 0.836. The van der Waals surface area contributed by atoms with Crippen LogP contribution in [0.1, 0.15) is 16.5 Å². The monoisotopic (exact) mass is 371 g/mol. The van der Waals surface area contributed by atoms with Gasteiger partial charge in [0.15, 0.2) is 0 Å². The van der Waals surface area contributed by atoms with Crippen LogP contribution in [0.2, 0.25) is 0 Å². The first-order chi connectivity index (χ1) is 10.2. The van der Waals surface area contributed by atoms with Crippen LogP contribution in [0.3, 0.4) is 0 Å². The molecule has 0 saturated heterocycles. The molecule has 0 aliphatic carbocycles. The van der Waals surface area contributed by atoms with Crippen LogP contribution in [0.4, 0.5) is 0 Å². The van der Waals surface area contributed by atoms with Gasteiger partial charge in [-0.05, 0) is 41.2 Å². The van der Waals surface area contributed by atoms with Gasteiger partial charge in [0, 0.05) is 15.8 Å². The number of nitrogens with one attached hydrogen (secondary N) is 1. The molecule has 1 aromatic heterocycles. The zero-order valence-electron chi connectivity index (χ0n) is 12.4. The number of methoxy groups -OCH3 is 3. The average molecular weight is 372 g/mol. The van der Waals surface area contributed by atoms with Gasteiger partial charge in [0.25, 0.3) is 0 Å². The SMILES string of the molecule is CNC(c1cc(OC)cs1)c1ccc(OC)c(Br)c1OC. The van der Waals surface area contributed by atoms with E-state index in [1.807, 2.05) is 30.6 Å². The normalized spacial score (nSPS) is 12.0. The third-order valence-electron chi connectivity index (χ3n) is 3.23. The number of hydrogen-bond acceptors (Lipinski definition) is 5. The number of ether oxygens (including phenoxy) is 3. The molecule has 1 atom stereocenters. The largest absolute Gasteiger partial charge is 0.496 e. The van der Waals surface area contributed by atoms with Gasteiger partial charge in [0.1, 0.15) is 21.7 Å². The lowest BCUT2D eigenvalue weighted by atomic mass is 10.0. The summed E-state index contributed by atoms with van der Waals surface area (Å²) in [4.78, 5) is 1.16. The third kappa shape index (κ3) is 3.17. The zero-order valence-corrected chi connectivity index (χ0v) is 14.8. The van der Waals surface area contributed by atoms with E-state index >= 15 is 0 Å². The Labute approximate surface area is 137 Å². The highest BCUT2D eigenvalue weighted by Crippen LogP contribution is 2.42. The van der Waals surface area contributed by atoms with Crippen molar-refractivity contribution in [3.8, 4) is 17.2 Å². The molecule has 0 aliphatic heterocycles. The molecule has 1 N–H and O–H groups in total. The first-order valence-corrected chi connectivity index (χ1v) is 8.03. The Morgan fingerprint density at radius 1 is 1.14 bits per heavy atom. The molecule has 0 radical (unpaired) electrons. The van der Waals surface area contributed by atoms with Gasteiger partial charge in [-0.15, -0.1) is 11.3 Å². The van der Waals surface area contributed by atoms with Crippen molar-refractivity contribution in [1.29, 1.82) is 0 Å². The summed E-state index contributed by atoms with van der Waals surface area (Å²) in [6, 6.07) is 5.99. The summed E-state index contributed by atoms with van der Waals surface area (Å²) in [6.45, 7) is 0. The maximum Gasteiger partial charge on any atom is 0.141 e. The highest BCUT2D eigenvalue weighted by atomic mass is 79.9. The van der Waals surface area contributed by atoms with Crippen LogP contribution in [0, 0.1) is 0 Å². The van der Waals surface area contributed by atoms with Crippen LogP contribution in [0.15, 0.2) is 28.1 Å². The number of hydrogen-bond donors (Lipinski definition) is 1. The minimum Gasteiger partial charge on any atom is -0.496 e. The van der Waals surface area contributed by atoms with Crippen LogP contribution >= 0.6 is 27.3 Å². The Bertz CT molecular complexity index is 615. The summed E-state index contributed by atoms with van der Waals surface area (Å²) in [5.74, 6) is 2.37. The van der Waals surface area contributed by atoms with Crippen molar-refractivity contribution < 1.29 is 14.2 Å². The van der Waals surface area contributed by atoms with Crippen molar-refractivity contribution in [1.82, 2.24) is 5.32 Å². The van der Waals surface area contributed by atoms with Crippen molar-refractivity contribution >= 4 is 27.3 Å². The summed E-state index contributed by atoms with van der Waals surface area (Å²) in [7, 11) is 6.89. The molecular weight excluding hydrogens is 354 g/mol. The van der Waals surface area contributed by atoms with Crippen molar-refractivity contribution in [2.45, 2.75) is 6.04 Å². The first kappa shape index (κ1) is 16.1. The average Bonchev–Trinajstić information content (AvgIpc) is 2.97. The molecule has 21 heavy (non-hydrogen) atoms. The zero-order chi connectivity index (χ0) is 15.4. The highest BCUT2D eigenvalue weighted by Gasteiger charge is 2.22. The number of benzene rings is 1. The maximum absolute atomic E-state index is 5.56. The van der Waals surface area contributed by atoms with E-state index in [2.05, 4.69) is 21.2 Å². The van der Waals surface area contributed by atoms with E-state index < -0.39 is 0 Å². The molecule has 1 heterocycles. The lowest BCUT2D eigenvalue weighted by molar-refractivity contribution is 0.383. The summed E-state index contributed by atoms with van der Waals surface area (Å²) >= 11 is 5.19. The lowest BCUT2D eigenvalue weighted by Crippen LogP contribution is -2.17. The maximum atomic E-state index is 5.56. The molecule has 0 spiro atoms. The van der Waals surface area contributed by atoms with Gasteiger partial charge in [0.2, 0.25) is 0 Å². The fourth-order valence-electron chi connectivity index (χ4n) is 2.19. The Balaban J connectivity index is 2.49. The molecule has 1 aromatic carbocycles. The third-order valence-corrected chi connectivity index (χ3v) is 4.96. The van der Waals surface area contributed by atoms with E-state index in [9.17, 15) is 0 Å². The Kier molecular flexibility index (Phi) is 5.50. The molecule has 0 amide bonds. The molecule has 0 fully saturated rings. The van der Waals surface area contributed by atoms with Gasteiger partial charge < -0.3 is 19.5 Å². The second kappa shape index (κ2) is 7.15. The minimum atomic E-state index is 0.0241. The van der Waals surface area contributed by atoms with E-state index in [1.165, 1.54) is 0 Å². The molecule has 4 nitrogen and oxygen atoms in total. The lowest BCUT2D eigenvalue weighted by Gasteiger charge is -2.20. The van der Waals surface area contributed by atoms with Crippen molar-refractivity contribution in [3.05, 3.63) is 38.5 Å². The molecule has 6 heteroatoms. The van der Waals surface area contributed by atoms with Crippen molar-refractivity contribution in [2.24, 2.45) is 0 Å². The molecule has 2 aromatic rings. The smallest absolute Gasteiger partial charge is 0.141 e. The minimum absolute atomic E-state index is 0.0241. The van der Waals surface area contributed by atoms with E-state index in [4.69, 9.17) is 14.2 Å². The number of thiophene rings is 1. The van der Waals surface area contributed by atoms with Crippen LogP contribution in [-0.2, 0) is 0 Å². The molecule has 1 unspecified atom stereocenters. The van der Waals surface area contributed by atoms with Gasteiger partial charge in [-0.2, -0.15) is 0 Å². The molecule has 0 aliphatic rings. The fraction of sp³-hybridized carbons (Fsp3) is 0.333. The van der Waals surface area contributed by atoms with E-state index in [0.29, 0.717) is 0 Å². The highest BCUT2D eigenvalue weighted by molar-refractivity contribution is 9.10. The van der Waals surface area contributed by atoms with Crippen LogP contribution < -0.4 is 19.5 Å².